The van der Waals surface area contributed by atoms with Gasteiger partial charge >= 0.3 is 17.1 Å². The number of hydrogen-bond donors (Lipinski definition) is 0. The largest absolute Gasteiger partial charge is 2.00 e. The van der Waals surface area contributed by atoms with Gasteiger partial charge in [-0.25, -0.2) is 0 Å². The number of nitrogens with zero attached hydrogens (tertiary/aromatic N) is 4. The van der Waals surface area contributed by atoms with E-state index in [-0.39, 0.29) is 41.9 Å². The molecule has 0 atom stereocenters. The van der Waals surface area contributed by atoms with E-state index in [2.05, 4.69) is 75.0 Å². The van der Waals surface area contributed by atoms with Crippen LogP contribution in [0.2, 0.25) is 0 Å². The standard InChI is InChI=1S/2C12H28N2S2.2ClH.Mn/c2*1-5-13(6-2)9-11-15-16-12-10-14(7-3)8-4;;;/h2*5-12H2,1-4H3;2*1H;/q;;;;+2/p-2. The van der Waals surface area contributed by atoms with Crippen LogP contribution in [0, 0.1) is 0 Å². The summed E-state index contributed by atoms with van der Waals surface area (Å²) in [6.07, 6.45) is 0. The topological polar surface area (TPSA) is 13.0 Å². The molecule has 4 nitrogen and oxygen atoms in total. The van der Waals surface area contributed by atoms with Crippen molar-refractivity contribution >= 4 is 43.2 Å². The van der Waals surface area contributed by atoms with Gasteiger partial charge in [-0.05, 0) is 52.4 Å². The molecule has 0 heterocycles. The Kier molecular flexibility index (Phi) is 51.8. The summed E-state index contributed by atoms with van der Waals surface area (Å²) >= 11 is 0. The Balaban J connectivity index is -0.000000158. The first kappa shape index (κ1) is 47.1. The van der Waals surface area contributed by atoms with Crippen LogP contribution in [0.4, 0.5) is 0 Å². The Hall–Kier alpha value is 2.34. The van der Waals surface area contributed by atoms with Gasteiger partial charge in [0.15, 0.2) is 0 Å². The fraction of sp³-hybridized carbons (Fsp3) is 1.00. The average Bonchev–Trinajstić information content (AvgIpc) is 2.83. The van der Waals surface area contributed by atoms with Crippen molar-refractivity contribution in [2.75, 3.05) is 102 Å². The Bertz CT molecular complexity index is 291. The molecule has 0 rings (SSSR count). The monoisotopic (exact) mass is 653 g/mol. The summed E-state index contributed by atoms with van der Waals surface area (Å²) in [5, 5.41) is 0. The zero-order valence-corrected chi connectivity index (χ0v) is 29.8. The maximum absolute atomic E-state index is 2.48. The molecule has 0 saturated heterocycles. The third kappa shape index (κ3) is 32.4. The van der Waals surface area contributed by atoms with E-state index in [1.165, 1.54) is 102 Å². The molecule has 0 aromatic heterocycles. The minimum Gasteiger partial charge on any atom is -1.00 e. The molecule has 0 aromatic rings. The SMILES string of the molecule is CCN(CC)CCSSCCN(CC)CC.CCN(CC)CCSSCCN(CC)CC.[Cl-].[Cl-].[Mn+2]. The second kappa shape index (κ2) is 38.5. The van der Waals surface area contributed by atoms with Gasteiger partial charge in [-0.15, -0.1) is 0 Å². The van der Waals surface area contributed by atoms with E-state index >= 15 is 0 Å². The van der Waals surface area contributed by atoms with Crippen molar-refractivity contribution in [1.82, 2.24) is 19.6 Å². The van der Waals surface area contributed by atoms with E-state index in [4.69, 9.17) is 0 Å². The summed E-state index contributed by atoms with van der Waals surface area (Å²) < 4.78 is 0. The molecule has 11 heteroatoms. The Morgan fingerprint density at radius 3 is 0.600 bits per heavy atom. The van der Waals surface area contributed by atoms with E-state index in [1.54, 1.807) is 0 Å². The fourth-order valence-electron chi connectivity index (χ4n) is 3.06. The Labute approximate surface area is 259 Å². The summed E-state index contributed by atoms with van der Waals surface area (Å²) in [4.78, 5) is 9.94. The van der Waals surface area contributed by atoms with Crippen molar-refractivity contribution in [2.45, 2.75) is 55.4 Å². The zero-order chi connectivity index (χ0) is 24.5. The molecule has 217 valence electrons. The fourth-order valence-corrected chi connectivity index (χ4v) is 7.17. The third-order valence-electron chi connectivity index (χ3n) is 5.71. The Morgan fingerprint density at radius 1 is 0.343 bits per heavy atom. The minimum absolute atomic E-state index is 0. The molecule has 0 aromatic carbocycles. The third-order valence-corrected chi connectivity index (χ3v) is 10.4. The second-order valence-corrected chi connectivity index (χ2v) is 12.8. The van der Waals surface area contributed by atoms with E-state index < -0.39 is 0 Å². The van der Waals surface area contributed by atoms with Gasteiger partial charge in [0, 0.05) is 49.2 Å². The van der Waals surface area contributed by atoms with Crippen molar-refractivity contribution in [3.63, 3.8) is 0 Å². The number of halogens is 2. The smallest absolute Gasteiger partial charge is 1.00 e. The molecule has 1 radical (unpaired) electrons. The van der Waals surface area contributed by atoms with Crippen molar-refractivity contribution in [2.24, 2.45) is 0 Å². The quantitative estimate of drug-likeness (QED) is 0.0917. The molecule has 0 aliphatic carbocycles. The first-order chi connectivity index (χ1) is 15.6. The van der Waals surface area contributed by atoms with Crippen molar-refractivity contribution < 1.29 is 41.9 Å². The summed E-state index contributed by atoms with van der Waals surface area (Å²) in [5.74, 6) is 5.02. The summed E-state index contributed by atoms with van der Waals surface area (Å²) in [5.41, 5.74) is 0. The zero-order valence-electron chi connectivity index (χ0n) is 23.9. The van der Waals surface area contributed by atoms with E-state index in [1.807, 2.05) is 43.2 Å². The average molecular weight is 655 g/mol. The van der Waals surface area contributed by atoms with Crippen LogP contribution in [-0.4, -0.2) is 121 Å². The van der Waals surface area contributed by atoms with E-state index in [0.717, 1.165) is 0 Å². The maximum Gasteiger partial charge on any atom is 2.00 e. The molecule has 0 aliphatic heterocycles. The van der Waals surface area contributed by atoms with Crippen molar-refractivity contribution in [1.29, 1.82) is 0 Å². The summed E-state index contributed by atoms with van der Waals surface area (Å²) in [6.45, 7) is 32.3. The van der Waals surface area contributed by atoms with Crippen molar-refractivity contribution in [3.8, 4) is 0 Å². The van der Waals surface area contributed by atoms with Gasteiger partial charge in [-0.2, -0.15) is 0 Å². The Morgan fingerprint density at radius 2 is 0.486 bits per heavy atom. The van der Waals surface area contributed by atoms with Crippen LogP contribution in [0.3, 0.4) is 0 Å². The molecule has 0 aliphatic rings. The predicted octanol–water partition coefficient (Wildman–Crippen LogP) is 0.108. The van der Waals surface area contributed by atoms with Gasteiger partial charge in [0.1, 0.15) is 0 Å². The van der Waals surface area contributed by atoms with E-state index in [0.29, 0.717) is 0 Å². The van der Waals surface area contributed by atoms with Gasteiger partial charge in [0.25, 0.3) is 0 Å². The first-order valence-electron chi connectivity index (χ1n) is 12.9. The first-order valence-corrected chi connectivity index (χ1v) is 17.9. The molecular weight excluding hydrogens is 598 g/mol. The van der Waals surface area contributed by atoms with Crippen LogP contribution in [0.5, 0.6) is 0 Å². The van der Waals surface area contributed by atoms with Crippen molar-refractivity contribution in [3.05, 3.63) is 0 Å². The predicted molar refractivity (Wildman–Crippen MR) is 161 cm³/mol. The molecule has 0 fully saturated rings. The maximum atomic E-state index is 2.48. The van der Waals surface area contributed by atoms with Crippen LogP contribution < -0.4 is 24.8 Å². The van der Waals surface area contributed by atoms with Gasteiger partial charge < -0.3 is 44.4 Å². The molecule has 0 unspecified atom stereocenters. The number of rotatable bonds is 22. The van der Waals surface area contributed by atoms with Crippen LogP contribution in [0.15, 0.2) is 0 Å². The molecular formula is C24H56Cl2MnN4S4. The summed E-state index contributed by atoms with van der Waals surface area (Å²) in [7, 11) is 8.09. The molecule has 0 saturated carbocycles. The normalized spacial score (nSPS) is 10.6. The second-order valence-electron chi connectivity index (χ2n) is 7.40. The minimum atomic E-state index is 0. The molecule has 0 amide bonds. The van der Waals surface area contributed by atoms with Crippen LogP contribution in [0.1, 0.15) is 55.4 Å². The van der Waals surface area contributed by atoms with E-state index in [9.17, 15) is 0 Å². The van der Waals surface area contributed by atoms with Crippen LogP contribution >= 0.6 is 43.2 Å². The number of hydrogen-bond acceptors (Lipinski definition) is 8. The molecule has 0 bridgehead atoms. The molecule has 0 spiro atoms. The van der Waals surface area contributed by atoms with Gasteiger partial charge in [-0.3, -0.25) is 0 Å². The molecule has 0 N–H and O–H groups in total. The van der Waals surface area contributed by atoms with Crippen LogP contribution in [0.25, 0.3) is 0 Å². The summed E-state index contributed by atoms with van der Waals surface area (Å²) in [6, 6.07) is 0. The molecule has 35 heavy (non-hydrogen) atoms. The van der Waals surface area contributed by atoms with Gasteiger partial charge in [-0.1, -0.05) is 98.6 Å². The van der Waals surface area contributed by atoms with Gasteiger partial charge in [0.05, 0.1) is 0 Å². The van der Waals surface area contributed by atoms with Crippen LogP contribution in [-0.2, 0) is 17.1 Å². The van der Waals surface area contributed by atoms with Gasteiger partial charge in [0.2, 0.25) is 0 Å².